The molecule has 2 aromatic carbocycles. The van der Waals surface area contributed by atoms with E-state index >= 15 is 0 Å². The number of nitrogens with two attached hydrogens (primary N) is 4. The lowest BCUT2D eigenvalue weighted by Crippen LogP contribution is -1.97. The molecule has 0 aliphatic rings. The second kappa shape index (κ2) is 7.64. The molecule has 0 unspecified atom stereocenters. The van der Waals surface area contributed by atoms with Crippen LogP contribution in [0.3, 0.4) is 0 Å². The minimum absolute atomic E-state index is 0. The maximum atomic E-state index is 5.69. The third-order valence-corrected chi connectivity index (χ3v) is 3.17. The highest BCUT2D eigenvalue weighted by Gasteiger charge is 1.99. The molecular formula is C16H25ClN4. The summed E-state index contributed by atoms with van der Waals surface area (Å²) in [6.45, 7) is 5.83. The Kier molecular flexibility index (Phi) is 6.89. The number of benzene rings is 2. The van der Waals surface area contributed by atoms with Crippen molar-refractivity contribution in [2.24, 2.45) is 0 Å². The van der Waals surface area contributed by atoms with Crippen LogP contribution in [0.2, 0.25) is 5.02 Å². The van der Waals surface area contributed by atoms with E-state index in [2.05, 4.69) is 0 Å². The number of aryl methyl sites for hydroxylation is 3. The van der Waals surface area contributed by atoms with Crippen LogP contribution in [0.1, 0.15) is 24.1 Å². The summed E-state index contributed by atoms with van der Waals surface area (Å²) in [5.74, 6) is 0. The number of hydrogen-bond acceptors (Lipinski definition) is 4. The molecule has 0 fully saturated rings. The quantitative estimate of drug-likeness (QED) is 0.554. The molecule has 0 amide bonds. The van der Waals surface area contributed by atoms with Crippen LogP contribution in [0.5, 0.6) is 0 Å². The van der Waals surface area contributed by atoms with Crippen LogP contribution in [0.25, 0.3) is 0 Å². The molecule has 0 aliphatic carbocycles. The van der Waals surface area contributed by atoms with Crippen molar-refractivity contribution in [1.29, 1.82) is 0 Å². The van der Waals surface area contributed by atoms with Crippen LogP contribution in [-0.4, -0.2) is 0 Å². The SMILES string of the molecule is C.Cc1cc(C)c(N)c(N)c1.Cc1cc(Cl)cc(N)c1N. The summed E-state index contributed by atoms with van der Waals surface area (Å²) in [4.78, 5) is 0. The van der Waals surface area contributed by atoms with Gasteiger partial charge < -0.3 is 22.9 Å². The number of anilines is 4. The fraction of sp³-hybridized carbons (Fsp3) is 0.250. The van der Waals surface area contributed by atoms with Crippen molar-refractivity contribution in [2.75, 3.05) is 22.9 Å². The van der Waals surface area contributed by atoms with Crippen LogP contribution in [0.15, 0.2) is 24.3 Å². The lowest BCUT2D eigenvalue weighted by atomic mass is 10.1. The Balaban J connectivity index is 0.000000364. The fourth-order valence-corrected chi connectivity index (χ4v) is 2.07. The van der Waals surface area contributed by atoms with E-state index < -0.39 is 0 Å². The second-order valence-corrected chi connectivity index (χ2v) is 5.25. The van der Waals surface area contributed by atoms with Crippen molar-refractivity contribution in [1.82, 2.24) is 0 Å². The van der Waals surface area contributed by atoms with Gasteiger partial charge in [-0.3, -0.25) is 0 Å². The molecule has 0 atom stereocenters. The largest absolute Gasteiger partial charge is 0.397 e. The maximum Gasteiger partial charge on any atom is 0.0578 e. The number of nitrogen functional groups attached to an aromatic ring is 4. The highest BCUT2D eigenvalue weighted by atomic mass is 35.5. The predicted octanol–water partition coefficient (Wildman–Crippen LogP) is 3.92. The van der Waals surface area contributed by atoms with Crippen molar-refractivity contribution >= 4 is 34.4 Å². The van der Waals surface area contributed by atoms with Crippen LogP contribution >= 0.6 is 11.6 Å². The van der Waals surface area contributed by atoms with E-state index in [0.29, 0.717) is 27.8 Å². The zero-order chi connectivity index (χ0) is 15.4. The number of rotatable bonds is 0. The Labute approximate surface area is 132 Å². The first-order valence-electron chi connectivity index (χ1n) is 6.15. The van der Waals surface area contributed by atoms with Gasteiger partial charge in [-0.05, 0) is 55.7 Å². The van der Waals surface area contributed by atoms with E-state index in [1.165, 1.54) is 0 Å². The Morgan fingerprint density at radius 3 is 1.57 bits per heavy atom. The van der Waals surface area contributed by atoms with E-state index in [0.717, 1.165) is 16.7 Å². The lowest BCUT2D eigenvalue weighted by Gasteiger charge is -2.04. The summed E-state index contributed by atoms with van der Waals surface area (Å²) in [6.07, 6.45) is 0. The van der Waals surface area contributed by atoms with E-state index in [-0.39, 0.29) is 7.43 Å². The Morgan fingerprint density at radius 1 is 0.714 bits per heavy atom. The zero-order valence-corrected chi connectivity index (χ0v) is 12.8. The molecule has 0 heterocycles. The second-order valence-electron chi connectivity index (χ2n) is 4.81. The smallest absolute Gasteiger partial charge is 0.0578 e. The van der Waals surface area contributed by atoms with Gasteiger partial charge >= 0.3 is 0 Å². The molecule has 2 aromatic rings. The third-order valence-electron chi connectivity index (χ3n) is 2.95. The van der Waals surface area contributed by atoms with Gasteiger partial charge in [-0.15, -0.1) is 0 Å². The van der Waals surface area contributed by atoms with Crippen molar-refractivity contribution in [2.45, 2.75) is 28.2 Å². The van der Waals surface area contributed by atoms with Crippen LogP contribution in [-0.2, 0) is 0 Å². The van der Waals surface area contributed by atoms with Gasteiger partial charge in [0.1, 0.15) is 0 Å². The predicted molar refractivity (Wildman–Crippen MR) is 96.5 cm³/mol. The summed E-state index contributed by atoms with van der Waals surface area (Å²) in [6, 6.07) is 7.32. The standard InChI is InChI=1S/C8H12N2.C7H9ClN2.CH4/c1-5-3-6(2)8(10)7(9)4-5;1-4-2-5(8)3-6(9)7(4)10;/h3-4H,9-10H2,1-2H3;2-3H,9-10H2,1H3;1H4. The van der Waals surface area contributed by atoms with Gasteiger partial charge in [-0.2, -0.15) is 0 Å². The molecular weight excluding hydrogens is 284 g/mol. The fourth-order valence-electron chi connectivity index (χ4n) is 1.79. The minimum atomic E-state index is 0. The molecule has 0 aliphatic heterocycles. The third kappa shape index (κ3) is 5.08. The van der Waals surface area contributed by atoms with Gasteiger partial charge in [0.15, 0.2) is 0 Å². The first-order chi connectivity index (χ1) is 9.22. The van der Waals surface area contributed by atoms with Gasteiger partial charge in [0.2, 0.25) is 0 Å². The topological polar surface area (TPSA) is 104 Å². The highest BCUT2D eigenvalue weighted by molar-refractivity contribution is 6.31. The number of halogens is 1. The van der Waals surface area contributed by atoms with Crippen molar-refractivity contribution in [3.8, 4) is 0 Å². The van der Waals surface area contributed by atoms with Gasteiger partial charge in [0.05, 0.1) is 22.7 Å². The first kappa shape index (κ1) is 18.9. The molecule has 0 bridgehead atoms. The van der Waals surface area contributed by atoms with Crippen molar-refractivity contribution in [3.05, 3.63) is 46.0 Å². The Bertz CT molecular complexity index is 522. The van der Waals surface area contributed by atoms with E-state index in [9.17, 15) is 0 Å². The normalized spacial score (nSPS) is 9.33. The minimum Gasteiger partial charge on any atom is -0.397 e. The van der Waals surface area contributed by atoms with Gasteiger partial charge in [-0.25, -0.2) is 0 Å². The molecule has 0 spiro atoms. The molecule has 2 rings (SSSR count). The van der Waals surface area contributed by atoms with E-state index in [4.69, 9.17) is 34.5 Å². The molecule has 5 heteroatoms. The summed E-state index contributed by atoms with van der Waals surface area (Å²) in [5.41, 5.74) is 28.0. The van der Waals surface area contributed by atoms with Crippen LogP contribution in [0, 0.1) is 20.8 Å². The van der Waals surface area contributed by atoms with Gasteiger partial charge in [-0.1, -0.05) is 25.1 Å². The molecule has 4 nitrogen and oxygen atoms in total. The van der Waals surface area contributed by atoms with Crippen LogP contribution in [0.4, 0.5) is 22.7 Å². The monoisotopic (exact) mass is 308 g/mol. The highest BCUT2D eigenvalue weighted by Crippen LogP contribution is 2.24. The summed E-state index contributed by atoms with van der Waals surface area (Å²) < 4.78 is 0. The zero-order valence-electron chi connectivity index (χ0n) is 12.0. The van der Waals surface area contributed by atoms with Gasteiger partial charge in [0.25, 0.3) is 0 Å². The van der Waals surface area contributed by atoms with Crippen molar-refractivity contribution in [3.63, 3.8) is 0 Å². The molecule has 0 aromatic heterocycles. The van der Waals surface area contributed by atoms with E-state index in [1.54, 1.807) is 12.1 Å². The molecule has 8 N–H and O–H groups in total. The lowest BCUT2D eigenvalue weighted by molar-refractivity contribution is 1.39. The molecule has 0 radical (unpaired) electrons. The molecule has 116 valence electrons. The first-order valence-corrected chi connectivity index (χ1v) is 6.53. The average Bonchev–Trinajstić information content (AvgIpc) is 2.33. The number of hydrogen-bond donors (Lipinski definition) is 4. The molecule has 0 saturated carbocycles. The maximum absolute atomic E-state index is 5.69. The summed E-state index contributed by atoms with van der Waals surface area (Å²) in [7, 11) is 0. The van der Waals surface area contributed by atoms with E-state index in [1.807, 2.05) is 32.9 Å². The van der Waals surface area contributed by atoms with Crippen molar-refractivity contribution < 1.29 is 0 Å². The Morgan fingerprint density at radius 2 is 1.14 bits per heavy atom. The molecule has 0 saturated heterocycles. The van der Waals surface area contributed by atoms with Gasteiger partial charge in [0, 0.05) is 5.02 Å². The average molecular weight is 309 g/mol. The Hall–Kier alpha value is -2.07. The summed E-state index contributed by atoms with van der Waals surface area (Å²) in [5, 5.41) is 0.629. The van der Waals surface area contributed by atoms with Crippen LogP contribution < -0.4 is 22.9 Å². The summed E-state index contributed by atoms with van der Waals surface area (Å²) >= 11 is 5.69. The molecule has 21 heavy (non-hydrogen) atoms.